The van der Waals surface area contributed by atoms with Crippen LogP contribution in [0.5, 0.6) is 0 Å². The number of halogens is 1. The Hall–Kier alpha value is -3.28. The summed E-state index contributed by atoms with van der Waals surface area (Å²) in [6.45, 7) is -5.47. The molecule has 0 unspecified atom stereocenters. The highest BCUT2D eigenvalue weighted by Gasteiger charge is 2.41. The van der Waals surface area contributed by atoms with Crippen molar-refractivity contribution in [2.45, 2.75) is 25.0 Å². The van der Waals surface area contributed by atoms with E-state index in [1.165, 1.54) is 12.1 Å². The fraction of sp³-hybridized carbons (Fsp3) is 0.318. The van der Waals surface area contributed by atoms with Crippen LogP contribution in [0.4, 0.5) is 4.39 Å². The molecule has 8 heteroatoms. The Morgan fingerprint density at radius 2 is 1.90 bits per heavy atom. The van der Waals surface area contributed by atoms with Gasteiger partial charge in [0.1, 0.15) is 11.4 Å². The quantitative estimate of drug-likeness (QED) is 0.716. The first kappa shape index (κ1) is 15.5. The van der Waals surface area contributed by atoms with Gasteiger partial charge in [0.25, 0.3) is 0 Å². The lowest BCUT2D eigenvalue weighted by Crippen LogP contribution is -2.28. The zero-order chi connectivity index (χ0) is 27.3. The molecule has 3 rings (SSSR count). The third-order valence-electron chi connectivity index (χ3n) is 4.55. The predicted octanol–water partition coefficient (Wildman–Crippen LogP) is 2.97. The first-order chi connectivity index (χ1) is 16.6. The highest BCUT2D eigenvalue weighted by molar-refractivity contribution is 6.27. The normalized spacial score (nSPS) is 20.7. The number of nitriles is 1. The van der Waals surface area contributed by atoms with Crippen molar-refractivity contribution in [3.8, 4) is 6.07 Å². The number of carboxylic acid groups (broad SMARTS) is 2. The summed E-state index contributed by atoms with van der Waals surface area (Å²) in [5.41, 5.74) is 1.82. The minimum absolute atomic E-state index is 0.190. The predicted molar refractivity (Wildman–Crippen MR) is 106 cm³/mol. The molecule has 0 saturated heterocycles. The van der Waals surface area contributed by atoms with E-state index in [-0.39, 0.29) is 19.6 Å². The summed E-state index contributed by atoms with van der Waals surface area (Å²) in [6, 6.07) is 13.1. The van der Waals surface area contributed by atoms with Gasteiger partial charge in [0.05, 0.1) is 18.2 Å². The minimum Gasteiger partial charge on any atom is -0.473 e. The van der Waals surface area contributed by atoms with Crippen LogP contribution in [0, 0.1) is 17.1 Å². The topological polar surface area (TPSA) is 111 Å². The number of benzene rings is 2. The van der Waals surface area contributed by atoms with Crippen molar-refractivity contribution < 1.29 is 37.2 Å². The van der Waals surface area contributed by atoms with Crippen LogP contribution in [0.3, 0.4) is 0 Å². The number of fused-ring (bicyclic) bond motifs is 1. The van der Waals surface area contributed by atoms with Crippen molar-refractivity contribution >= 4 is 11.9 Å². The Morgan fingerprint density at radius 3 is 2.47 bits per heavy atom. The lowest BCUT2D eigenvalue weighted by Gasteiger charge is -2.31. The molecule has 0 aliphatic carbocycles. The molecule has 0 aromatic heterocycles. The number of hydrogen-bond acceptors (Lipinski definition) is 5. The average molecular weight is 420 g/mol. The minimum atomic E-state index is -2.76. The number of carboxylic acids is 2. The van der Waals surface area contributed by atoms with E-state index in [4.69, 9.17) is 38.0 Å². The lowest BCUT2D eigenvalue weighted by atomic mass is 9.81. The molecule has 0 spiro atoms. The van der Waals surface area contributed by atoms with Gasteiger partial charge < -0.3 is 19.8 Å². The van der Waals surface area contributed by atoms with Crippen LogP contribution in [-0.4, -0.2) is 47.5 Å². The van der Waals surface area contributed by atoms with E-state index in [9.17, 15) is 4.39 Å². The van der Waals surface area contributed by atoms with Gasteiger partial charge in [0.2, 0.25) is 0 Å². The van der Waals surface area contributed by atoms with E-state index in [1.807, 2.05) is 0 Å². The highest BCUT2D eigenvalue weighted by Crippen LogP contribution is 2.45. The van der Waals surface area contributed by atoms with Crippen molar-refractivity contribution in [2.24, 2.45) is 0 Å². The van der Waals surface area contributed by atoms with Gasteiger partial charge in [-0.25, -0.2) is 14.0 Å². The molecule has 2 aromatic carbocycles. The summed E-state index contributed by atoms with van der Waals surface area (Å²) in [6.07, 6.45) is 0.508. The van der Waals surface area contributed by atoms with Gasteiger partial charge >= 0.3 is 11.9 Å². The van der Waals surface area contributed by atoms with Crippen LogP contribution in [0.15, 0.2) is 42.5 Å². The molecule has 1 atom stereocenters. The fourth-order valence-electron chi connectivity index (χ4n) is 3.25. The molecule has 2 N–H and O–H groups in total. The summed E-state index contributed by atoms with van der Waals surface area (Å²) in [5.74, 6) is -4.05. The number of carbonyl (C=O) groups is 2. The number of aliphatic carboxylic acids is 2. The van der Waals surface area contributed by atoms with Gasteiger partial charge in [0.15, 0.2) is 0 Å². The van der Waals surface area contributed by atoms with E-state index < -0.39 is 37.3 Å². The summed E-state index contributed by atoms with van der Waals surface area (Å²) >= 11 is 0. The number of nitrogens with zero attached hydrogens (tertiary/aromatic N) is 2. The van der Waals surface area contributed by atoms with E-state index in [0.29, 0.717) is 22.4 Å². The molecule has 0 amide bonds. The summed E-state index contributed by atoms with van der Waals surface area (Å²) < 4.78 is 64.8. The number of ether oxygens (including phenoxy) is 1. The summed E-state index contributed by atoms with van der Waals surface area (Å²) in [5, 5.41) is 23.9. The fourth-order valence-corrected chi connectivity index (χ4v) is 3.25. The molecule has 158 valence electrons. The average Bonchev–Trinajstić information content (AvgIpc) is 3.14. The van der Waals surface area contributed by atoms with Gasteiger partial charge in [-0.1, -0.05) is 18.2 Å². The lowest BCUT2D eigenvalue weighted by molar-refractivity contribution is -0.159. The van der Waals surface area contributed by atoms with Gasteiger partial charge in [-0.3, -0.25) is 0 Å². The van der Waals surface area contributed by atoms with Crippen LogP contribution < -0.4 is 0 Å². The second-order valence-electron chi connectivity index (χ2n) is 6.47. The van der Waals surface area contributed by atoms with Crippen molar-refractivity contribution in [3.63, 3.8) is 0 Å². The largest absolute Gasteiger partial charge is 0.473 e. The molecule has 0 fully saturated rings. The Bertz CT molecular complexity index is 1120. The van der Waals surface area contributed by atoms with Crippen LogP contribution in [-0.2, 0) is 26.5 Å². The van der Waals surface area contributed by atoms with Crippen LogP contribution in [0.25, 0.3) is 0 Å². The standard InChI is InChI=1S/C20H21FN2O.C2H2O4/c1-23(2)11-3-10-20(17-5-7-18(21)8-6-17)19-9-4-15(13-22)12-16(19)14-24-20;3-1(4)2(5)6/h4-9,12H,3,10-11,14H2,1-2H3;(H,3,4)(H,5,6)/t20-;/m0./s1/i1D3,2D3;. The van der Waals surface area contributed by atoms with Gasteiger partial charge in [-0.2, -0.15) is 5.26 Å². The maximum atomic E-state index is 13.5. The Morgan fingerprint density at radius 1 is 1.23 bits per heavy atom. The van der Waals surface area contributed by atoms with E-state index >= 15 is 0 Å². The third-order valence-corrected chi connectivity index (χ3v) is 4.55. The Balaban J connectivity index is 0.000000678. The summed E-state index contributed by atoms with van der Waals surface area (Å²) in [7, 11) is 0. The van der Waals surface area contributed by atoms with E-state index in [0.717, 1.165) is 11.1 Å². The molecule has 1 heterocycles. The molecule has 0 saturated carbocycles. The van der Waals surface area contributed by atoms with Crippen LogP contribution in [0.1, 0.15) is 43.3 Å². The van der Waals surface area contributed by atoms with Gasteiger partial charge in [0, 0.05) is 8.22 Å². The van der Waals surface area contributed by atoms with Crippen LogP contribution in [0.2, 0.25) is 0 Å². The molecule has 2 aromatic rings. The second-order valence-corrected chi connectivity index (χ2v) is 6.47. The van der Waals surface area contributed by atoms with Gasteiger partial charge in [-0.05, 0) is 74.3 Å². The maximum Gasteiger partial charge on any atom is 0.414 e. The maximum absolute atomic E-state index is 13.5. The SMILES string of the molecule is O=C(O)C(=O)O.[2H]C([2H])([2H])N(CCC[C@@]1(c2ccc(F)cc2)OCc2cc(C#N)ccc21)C([2H])([2H])[2H]. The van der Waals surface area contributed by atoms with Crippen molar-refractivity contribution in [1.82, 2.24) is 4.90 Å². The zero-order valence-electron chi connectivity index (χ0n) is 21.8. The first-order valence-electron chi connectivity index (χ1n) is 11.8. The third kappa shape index (κ3) is 5.41. The van der Waals surface area contributed by atoms with Gasteiger partial charge in [-0.15, -0.1) is 0 Å². The van der Waals surface area contributed by atoms with Crippen molar-refractivity contribution in [3.05, 3.63) is 70.5 Å². The monoisotopic (exact) mass is 420 g/mol. The zero-order valence-corrected chi connectivity index (χ0v) is 15.8. The molecule has 1 aliphatic heterocycles. The molecular formula is C22H23FN2O5. The summed E-state index contributed by atoms with van der Waals surface area (Å²) in [4.78, 5) is 18.7. The smallest absolute Gasteiger partial charge is 0.414 e. The first-order valence-corrected chi connectivity index (χ1v) is 8.79. The molecule has 0 radical (unpaired) electrons. The molecule has 1 aliphatic rings. The Labute approximate surface area is 182 Å². The molecular weight excluding hydrogens is 391 g/mol. The Kier molecular flexibility index (Phi) is 5.16. The van der Waals surface area contributed by atoms with Crippen molar-refractivity contribution in [1.29, 1.82) is 5.26 Å². The van der Waals surface area contributed by atoms with Crippen LogP contribution >= 0.6 is 0 Å². The number of hydrogen-bond donors (Lipinski definition) is 2. The molecule has 0 bridgehead atoms. The number of rotatable bonds is 5. The highest BCUT2D eigenvalue weighted by atomic mass is 19.1. The second kappa shape index (κ2) is 9.96. The van der Waals surface area contributed by atoms with E-state index in [1.54, 1.807) is 30.3 Å². The van der Waals surface area contributed by atoms with Crippen molar-refractivity contribution in [2.75, 3.05) is 20.5 Å². The molecule has 7 nitrogen and oxygen atoms in total. The van der Waals surface area contributed by atoms with E-state index in [2.05, 4.69) is 6.07 Å². The molecule has 30 heavy (non-hydrogen) atoms.